The molecular formula is C28H47ClN4O2S. The van der Waals surface area contributed by atoms with Crippen LogP contribution >= 0.6 is 23.4 Å². The van der Waals surface area contributed by atoms with Gasteiger partial charge in [0.1, 0.15) is 16.4 Å². The molecule has 0 atom stereocenters. The molecule has 0 radical (unpaired) electrons. The average molecular weight is 539 g/mol. The minimum absolute atomic E-state index is 0.00283. The number of aryl methyl sites for hydroxylation is 2. The molecule has 36 heavy (non-hydrogen) atoms. The Kier molecular flexibility index (Phi) is 14.8. The van der Waals surface area contributed by atoms with Crippen LogP contribution in [0, 0.1) is 6.92 Å². The predicted molar refractivity (Wildman–Crippen MR) is 152 cm³/mol. The Morgan fingerprint density at radius 3 is 1.89 bits per heavy atom. The summed E-state index contributed by atoms with van der Waals surface area (Å²) in [6, 6.07) is 0. The van der Waals surface area contributed by atoms with E-state index >= 15 is 0 Å². The molecule has 0 saturated carbocycles. The highest BCUT2D eigenvalue weighted by Crippen LogP contribution is 2.30. The summed E-state index contributed by atoms with van der Waals surface area (Å²) in [5, 5.41) is 1.64. The highest BCUT2D eigenvalue weighted by atomic mass is 35.5. The van der Waals surface area contributed by atoms with E-state index in [1.54, 1.807) is 11.8 Å². The summed E-state index contributed by atoms with van der Waals surface area (Å²) >= 11 is 7.85. The van der Waals surface area contributed by atoms with Crippen LogP contribution < -0.4 is 0 Å². The number of hydrogen-bond acceptors (Lipinski definition) is 6. The number of rotatable bonds is 19. The lowest BCUT2D eigenvalue weighted by Crippen LogP contribution is -2.10. The summed E-state index contributed by atoms with van der Waals surface area (Å²) in [6.45, 7) is 11.1. The largest absolute Gasteiger partial charge is 0.463 e. The van der Waals surface area contributed by atoms with Crippen LogP contribution in [0.3, 0.4) is 0 Å². The van der Waals surface area contributed by atoms with Crippen molar-refractivity contribution in [2.45, 2.75) is 147 Å². The zero-order valence-electron chi connectivity index (χ0n) is 23.2. The van der Waals surface area contributed by atoms with Crippen molar-refractivity contribution in [3.8, 4) is 0 Å². The van der Waals surface area contributed by atoms with Gasteiger partial charge in [0.2, 0.25) is 5.28 Å². The molecular weight excluding hydrogens is 492 g/mol. The van der Waals surface area contributed by atoms with Crippen LogP contribution in [-0.2, 0) is 16.1 Å². The van der Waals surface area contributed by atoms with Crippen molar-refractivity contribution in [3.05, 3.63) is 11.1 Å². The fraction of sp³-hybridized carbons (Fsp3) is 0.786. The third-order valence-electron chi connectivity index (χ3n) is 6.21. The topological polar surface area (TPSA) is 69.9 Å². The van der Waals surface area contributed by atoms with E-state index in [-0.39, 0.29) is 17.4 Å². The van der Waals surface area contributed by atoms with E-state index in [0.717, 1.165) is 42.2 Å². The molecule has 0 saturated heterocycles. The summed E-state index contributed by atoms with van der Waals surface area (Å²) in [6.07, 6.45) is 16.9. The molecule has 0 aliphatic heterocycles. The average Bonchev–Trinajstić information content (AvgIpc) is 3.10. The lowest BCUT2D eigenvalue weighted by molar-refractivity contribution is -0.147. The van der Waals surface area contributed by atoms with Crippen LogP contribution in [0.25, 0.3) is 11.2 Å². The van der Waals surface area contributed by atoms with Gasteiger partial charge in [0.05, 0.1) is 6.10 Å². The van der Waals surface area contributed by atoms with Gasteiger partial charge in [-0.1, -0.05) is 84.5 Å². The number of hydrogen-bond donors (Lipinski definition) is 0. The molecule has 0 N–H and O–H groups in total. The smallest absolute Gasteiger partial charge is 0.306 e. The number of fused-ring (bicyclic) bond motifs is 1. The molecule has 0 fully saturated rings. The Balaban J connectivity index is 1.51. The molecule has 2 heterocycles. The molecule has 8 heteroatoms. The van der Waals surface area contributed by atoms with Crippen molar-refractivity contribution in [2.75, 3.05) is 0 Å². The summed E-state index contributed by atoms with van der Waals surface area (Å²) in [7, 11) is 0. The molecule has 2 aromatic rings. The van der Waals surface area contributed by atoms with Crippen LogP contribution in [0.1, 0.15) is 123 Å². The number of carbonyl (C=O) groups excluding carboxylic acids is 1. The highest BCUT2D eigenvalue weighted by Gasteiger charge is 2.17. The van der Waals surface area contributed by atoms with E-state index < -0.39 is 0 Å². The number of thioether (sulfide) groups is 1. The van der Waals surface area contributed by atoms with Crippen LogP contribution in [0.4, 0.5) is 0 Å². The molecule has 0 aliphatic carbocycles. The number of imidazole rings is 1. The van der Waals surface area contributed by atoms with E-state index in [2.05, 4.69) is 33.4 Å². The summed E-state index contributed by atoms with van der Waals surface area (Å²) in [4.78, 5) is 25.0. The zero-order valence-corrected chi connectivity index (χ0v) is 24.7. The third kappa shape index (κ3) is 11.8. The van der Waals surface area contributed by atoms with Crippen LogP contribution in [0.5, 0.6) is 0 Å². The van der Waals surface area contributed by atoms with E-state index in [0.29, 0.717) is 17.3 Å². The maximum Gasteiger partial charge on any atom is 0.306 e. The van der Waals surface area contributed by atoms with Gasteiger partial charge in [-0.15, -0.1) is 11.8 Å². The molecule has 0 spiro atoms. The summed E-state index contributed by atoms with van der Waals surface area (Å²) in [5.74, 6) is 0.936. The monoisotopic (exact) mass is 538 g/mol. The lowest BCUT2D eigenvalue weighted by Gasteiger charge is -2.11. The van der Waals surface area contributed by atoms with Crippen LogP contribution in [0.15, 0.2) is 5.03 Å². The first-order valence-corrected chi connectivity index (χ1v) is 15.3. The first-order valence-electron chi connectivity index (χ1n) is 14.0. The Morgan fingerprint density at radius 2 is 1.36 bits per heavy atom. The van der Waals surface area contributed by atoms with Gasteiger partial charge in [-0.3, -0.25) is 4.79 Å². The summed E-state index contributed by atoms with van der Waals surface area (Å²) < 4.78 is 7.44. The van der Waals surface area contributed by atoms with Gasteiger partial charge < -0.3 is 9.30 Å². The second-order valence-electron chi connectivity index (χ2n) is 10.3. The number of carbonyl (C=O) groups is 1. The number of unbranched alkanes of at least 4 members (excludes halogenated alkanes) is 12. The Bertz CT molecular complexity index is 917. The SMILES string of the molecule is Cc1nc2nc(Cl)nc(SC(C)C)c2n1CCCCCCCCCCCCCCCC(=O)OC(C)C. The van der Waals surface area contributed by atoms with E-state index in [4.69, 9.17) is 16.3 Å². The molecule has 0 bridgehead atoms. The van der Waals surface area contributed by atoms with Gasteiger partial charge in [0.25, 0.3) is 0 Å². The Morgan fingerprint density at radius 1 is 0.833 bits per heavy atom. The number of aromatic nitrogens is 4. The molecule has 6 nitrogen and oxygen atoms in total. The van der Waals surface area contributed by atoms with E-state index in [1.165, 1.54) is 64.2 Å². The third-order valence-corrected chi connectivity index (χ3v) is 7.36. The van der Waals surface area contributed by atoms with Gasteiger partial charge in [-0.2, -0.15) is 4.98 Å². The number of nitrogens with zero attached hydrogens (tertiary/aromatic N) is 4. The Labute approximate surface area is 227 Å². The minimum Gasteiger partial charge on any atom is -0.463 e. The van der Waals surface area contributed by atoms with Crippen molar-refractivity contribution in [3.63, 3.8) is 0 Å². The van der Waals surface area contributed by atoms with Crippen molar-refractivity contribution >= 4 is 40.5 Å². The second-order valence-corrected chi connectivity index (χ2v) is 12.2. The quantitative estimate of drug-likeness (QED) is 0.0585. The van der Waals surface area contributed by atoms with Crippen molar-refractivity contribution in [1.82, 2.24) is 19.5 Å². The summed E-state index contributed by atoms with van der Waals surface area (Å²) in [5.41, 5.74) is 1.74. The fourth-order valence-electron chi connectivity index (χ4n) is 4.47. The maximum atomic E-state index is 11.5. The van der Waals surface area contributed by atoms with Gasteiger partial charge in [-0.25, -0.2) is 9.97 Å². The van der Waals surface area contributed by atoms with Gasteiger partial charge in [-0.05, 0) is 45.2 Å². The molecule has 2 aromatic heterocycles. The van der Waals surface area contributed by atoms with Crippen molar-refractivity contribution in [1.29, 1.82) is 0 Å². The van der Waals surface area contributed by atoms with Crippen molar-refractivity contribution in [2.24, 2.45) is 0 Å². The lowest BCUT2D eigenvalue weighted by atomic mass is 10.0. The first-order chi connectivity index (χ1) is 17.3. The van der Waals surface area contributed by atoms with Gasteiger partial charge in [0.15, 0.2) is 5.65 Å². The molecule has 0 aliphatic rings. The number of esters is 1. The number of ether oxygens (including phenoxy) is 1. The van der Waals surface area contributed by atoms with E-state index in [9.17, 15) is 4.79 Å². The van der Waals surface area contributed by atoms with Crippen molar-refractivity contribution < 1.29 is 9.53 Å². The highest BCUT2D eigenvalue weighted by molar-refractivity contribution is 8.00. The normalized spacial score (nSPS) is 11.8. The van der Waals surface area contributed by atoms with Crippen LogP contribution in [-0.4, -0.2) is 36.8 Å². The fourth-order valence-corrected chi connectivity index (χ4v) is 5.59. The van der Waals surface area contributed by atoms with E-state index in [1.807, 2.05) is 20.8 Å². The van der Waals surface area contributed by atoms with Gasteiger partial charge in [0, 0.05) is 18.2 Å². The first kappa shape index (κ1) is 30.9. The number of halogens is 1. The molecule has 0 amide bonds. The molecule has 0 unspecified atom stereocenters. The minimum atomic E-state index is -0.0508. The molecule has 204 valence electrons. The predicted octanol–water partition coefficient (Wildman–Crippen LogP) is 8.70. The zero-order chi connectivity index (χ0) is 26.3. The van der Waals surface area contributed by atoms with Gasteiger partial charge >= 0.3 is 5.97 Å². The second kappa shape index (κ2) is 17.2. The standard InChI is InChI=1S/C28H47ClN4O2S/c1-21(2)35-24(34)19-17-15-13-11-9-7-6-8-10-12-14-16-18-20-33-23(5)30-26-25(33)27(36-22(3)4)32-28(29)31-26/h21-22H,6-20H2,1-5H3. The molecule has 0 aromatic carbocycles. The maximum absolute atomic E-state index is 11.5. The molecule has 2 rings (SSSR count). The van der Waals surface area contributed by atoms with Crippen LogP contribution in [0.2, 0.25) is 5.28 Å². The Hall–Kier alpha value is -1.34.